The molecule has 0 bridgehead atoms. The number of rotatable bonds is 3. The minimum absolute atomic E-state index is 0.0553. The largest absolute Gasteiger partial charge is 0.286 e. The highest BCUT2D eigenvalue weighted by molar-refractivity contribution is 7.12. The summed E-state index contributed by atoms with van der Waals surface area (Å²) in [6.45, 7) is 2.03. The summed E-state index contributed by atoms with van der Waals surface area (Å²) in [6.07, 6.45) is 0.853. The quantitative estimate of drug-likeness (QED) is 0.744. The average Bonchev–Trinajstić information content (AvgIpc) is 2.85. The highest BCUT2D eigenvalue weighted by atomic mass is 32.1. The number of hydrogen-bond acceptors (Lipinski definition) is 3. The molecule has 0 aliphatic rings. The molecule has 15 heavy (non-hydrogen) atoms. The second-order valence-electron chi connectivity index (χ2n) is 3.30. The van der Waals surface area contributed by atoms with Gasteiger partial charge in [-0.1, -0.05) is 13.0 Å². The van der Waals surface area contributed by atoms with E-state index in [0.29, 0.717) is 5.69 Å². The van der Waals surface area contributed by atoms with Crippen LogP contribution in [0.4, 0.5) is 0 Å². The molecule has 2 heterocycles. The Balaban J connectivity index is 2.37. The van der Waals surface area contributed by atoms with Crippen LogP contribution in [-0.2, 0) is 13.5 Å². The van der Waals surface area contributed by atoms with Crippen molar-refractivity contribution in [3.05, 3.63) is 39.8 Å². The topological polar surface area (TPSA) is 34.9 Å². The average molecular weight is 220 g/mol. The van der Waals surface area contributed by atoms with Crippen LogP contribution in [0.15, 0.2) is 23.6 Å². The van der Waals surface area contributed by atoms with Gasteiger partial charge in [-0.25, -0.2) is 0 Å². The Kier molecular flexibility index (Phi) is 2.68. The van der Waals surface area contributed by atoms with Gasteiger partial charge in [-0.2, -0.15) is 5.10 Å². The second kappa shape index (κ2) is 3.98. The molecule has 0 saturated heterocycles. The van der Waals surface area contributed by atoms with Crippen LogP contribution >= 0.6 is 11.3 Å². The lowest BCUT2D eigenvalue weighted by Crippen LogP contribution is -2.06. The zero-order valence-electron chi connectivity index (χ0n) is 8.73. The van der Waals surface area contributed by atoms with Gasteiger partial charge < -0.3 is 0 Å². The highest BCUT2D eigenvalue weighted by Crippen LogP contribution is 2.15. The lowest BCUT2D eigenvalue weighted by Gasteiger charge is -1.97. The van der Waals surface area contributed by atoms with Gasteiger partial charge in [0.15, 0.2) is 0 Å². The van der Waals surface area contributed by atoms with E-state index in [1.165, 1.54) is 11.3 Å². The third-order valence-electron chi connectivity index (χ3n) is 2.27. The number of hydrogen-bond donors (Lipinski definition) is 0. The van der Waals surface area contributed by atoms with Gasteiger partial charge in [0.1, 0.15) is 5.69 Å². The van der Waals surface area contributed by atoms with Gasteiger partial charge in [0.2, 0.25) is 5.78 Å². The maximum Gasteiger partial charge on any atom is 0.220 e. The first-order chi connectivity index (χ1) is 7.22. The maximum absolute atomic E-state index is 12.0. The van der Waals surface area contributed by atoms with Crippen molar-refractivity contribution in [1.82, 2.24) is 9.78 Å². The van der Waals surface area contributed by atoms with E-state index in [1.807, 2.05) is 30.5 Å². The molecule has 0 atom stereocenters. The number of aryl methyl sites for hydroxylation is 2. The van der Waals surface area contributed by atoms with Crippen LogP contribution in [0.3, 0.4) is 0 Å². The molecular formula is C11H12N2OS. The van der Waals surface area contributed by atoms with E-state index in [2.05, 4.69) is 5.10 Å². The first kappa shape index (κ1) is 10.1. The van der Waals surface area contributed by atoms with Crippen molar-refractivity contribution in [1.29, 1.82) is 0 Å². The van der Waals surface area contributed by atoms with Gasteiger partial charge in [0.25, 0.3) is 0 Å². The van der Waals surface area contributed by atoms with Crippen LogP contribution < -0.4 is 0 Å². The molecule has 0 saturated carbocycles. The van der Waals surface area contributed by atoms with Gasteiger partial charge in [-0.15, -0.1) is 11.3 Å². The Morgan fingerprint density at radius 2 is 2.40 bits per heavy atom. The van der Waals surface area contributed by atoms with Crippen molar-refractivity contribution in [2.24, 2.45) is 7.05 Å². The first-order valence-corrected chi connectivity index (χ1v) is 5.71. The van der Waals surface area contributed by atoms with Gasteiger partial charge in [-0.05, 0) is 23.9 Å². The summed E-state index contributed by atoms with van der Waals surface area (Å²) < 4.78 is 1.65. The number of nitrogens with zero attached hydrogens (tertiary/aromatic N) is 2. The molecule has 0 N–H and O–H groups in total. The van der Waals surface area contributed by atoms with E-state index in [9.17, 15) is 4.79 Å². The van der Waals surface area contributed by atoms with E-state index in [1.54, 1.807) is 11.7 Å². The maximum atomic E-state index is 12.0. The lowest BCUT2D eigenvalue weighted by atomic mass is 10.2. The predicted octanol–water partition coefficient (Wildman–Crippen LogP) is 2.28. The normalized spacial score (nSPS) is 10.5. The van der Waals surface area contributed by atoms with Crippen LogP contribution in [-0.4, -0.2) is 15.6 Å². The van der Waals surface area contributed by atoms with Crippen molar-refractivity contribution >= 4 is 17.1 Å². The summed E-state index contributed by atoms with van der Waals surface area (Å²) in [5.41, 5.74) is 1.62. The molecule has 0 aliphatic carbocycles. The molecular weight excluding hydrogens is 208 g/mol. The molecule has 0 aromatic carbocycles. The van der Waals surface area contributed by atoms with Gasteiger partial charge in [0.05, 0.1) is 10.6 Å². The van der Waals surface area contributed by atoms with Crippen LogP contribution in [0.5, 0.6) is 0 Å². The van der Waals surface area contributed by atoms with Crippen molar-refractivity contribution in [3.63, 3.8) is 0 Å². The molecule has 0 aliphatic heterocycles. The zero-order chi connectivity index (χ0) is 10.8. The fourth-order valence-electron chi connectivity index (χ4n) is 1.45. The molecule has 0 radical (unpaired) electrons. The number of ketones is 1. The Morgan fingerprint density at radius 1 is 1.60 bits per heavy atom. The highest BCUT2D eigenvalue weighted by Gasteiger charge is 2.15. The van der Waals surface area contributed by atoms with E-state index in [0.717, 1.165) is 17.0 Å². The summed E-state index contributed by atoms with van der Waals surface area (Å²) >= 11 is 1.46. The monoisotopic (exact) mass is 220 g/mol. The van der Waals surface area contributed by atoms with Crippen molar-refractivity contribution < 1.29 is 4.79 Å². The summed E-state index contributed by atoms with van der Waals surface area (Å²) in [5.74, 6) is 0.0553. The van der Waals surface area contributed by atoms with Crippen molar-refractivity contribution in [3.8, 4) is 0 Å². The number of thiophene rings is 1. The van der Waals surface area contributed by atoms with E-state index in [4.69, 9.17) is 0 Å². The van der Waals surface area contributed by atoms with Gasteiger partial charge in [-0.3, -0.25) is 9.48 Å². The van der Waals surface area contributed by atoms with Crippen molar-refractivity contribution in [2.45, 2.75) is 13.3 Å². The van der Waals surface area contributed by atoms with Crippen LogP contribution in [0, 0.1) is 0 Å². The second-order valence-corrected chi connectivity index (χ2v) is 4.25. The Morgan fingerprint density at radius 3 is 2.93 bits per heavy atom. The Bertz CT molecular complexity index is 471. The van der Waals surface area contributed by atoms with Crippen LogP contribution in [0.2, 0.25) is 0 Å². The number of carbonyl (C=O) groups is 1. The summed E-state index contributed by atoms with van der Waals surface area (Å²) in [5, 5.41) is 6.17. The van der Waals surface area contributed by atoms with Gasteiger partial charge in [0, 0.05) is 7.05 Å². The molecule has 78 valence electrons. The van der Waals surface area contributed by atoms with E-state index in [-0.39, 0.29) is 5.78 Å². The number of carbonyl (C=O) groups excluding carboxylic acids is 1. The summed E-state index contributed by atoms with van der Waals surface area (Å²) in [6, 6.07) is 5.59. The Hall–Kier alpha value is -1.42. The Labute approximate surface area is 92.4 Å². The minimum atomic E-state index is 0.0553. The van der Waals surface area contributed by atoms with Gasteiger partial charge >= 0.3 is 0 Å². The molecule has 0 amide bonds. The van der Waals surface area contributed by atoms with E-state index >= 15 is 0 Å². The molecule has 0 spiro atoms. The predicted molar refractivity (Wildman–Crippen MR) is 60.3 cm³/mol. The molecule has 2 aromatic rings. The molecule has 4 heteroatoms. The molecule has 3 nitrogen and oxygen atoms in total. The van der Waals surface area contributed by atoms with E-state index < -0.39 is 0 Å². The third-order valence-corrected chi connectivity index (χ3v) is 3.14. The molecule has 0 unspecified atom stereocenters. The molecule has 2 aromatic heterocycles. The molecule has 0 fully saturated rings. The summed E-state index contributed by atoms with van der Waals surface area (Å²) in [4.78, 5) is 12.8. The smallest absolute Gasteiger partial charge is 0.220 e. The fourth-order valence-corrected chi connectivity index (χ4v) is 2.12. The fraction of sp³-hybridized carbons (Fsp3) is 0.273. The molecule has 2 rings (SSSR count). The number of aromatic nitrogens is 2. The van der Waals surface area contributed by atoms with Crippen LogP contribution in [0.25, 0.3) is 0 Å². The minimum Gasteiger partial charge on any atom is -0.286 e. The zero-order valence-corrected chi connectivity index (χ0v) is 9.54. The third kappa shape index (κ3) is 1.85. The standard InChI is InChI=1S/C11H12N2OS/c1-3-8-7-9(13(2)12-8)11(14)10-5-4-6-15-10/h4-7H,3H2,1-2H3. The first-order valence-electron chi connectivity index (χ1n) is 4.83. The lowest BCUT2D eigenvalue weighted by molar-refractivity contribution is 0.103. The SMILES string of the molecule is CCc1cc(C(=O)c2cccs2)n(C)n1. The summed E-state index contributed by atoms with van der Waals surface area (Å²) in [7, 11) is 1.81. The van der Waals surface area contributed by atoms with Crippen molar-refractivity contribution in [2.75, 3.05) is 0 Å². The van der Waals surface area contributed by atoms with Crippen LogP contribution in [0.1, 0.15) is 28.0 Å².